The molecule has 3 aromatic rings. The summed E-state index contributed by atoms with van der Waals surface area (Å²) in [5, 5.41) is 11.8. The van der Waals surface area contributed by atoms with Gasteiger partial charge in [0.25, 0.3) is 0 Å². The van der Waals surface area contributed by atoms with Crippen molar-refractivity contribution in [1.29, 1.82) is 0 Å². The van der Waals surface area contributed by atoms with E-state index in [1.807, 2.05) is 18.2 Å². The largest absolute Gasteiger partial charge is 0.483 e. The van der Waals surface area contributed by atoms with Crippen LogP contribution in [0.3, 0.4) is 0 Å². The molecule has 0 aliphatic carbocycles. The molecule has 8 heteroatoms. The molecule has 0 saturated heterocycles. The van der Waals surface area contributed by atoms with E-state index in [0.29, 0.717) is 24.1 Å². The number of para-hydroxylation sites is 1. The summed E-state index contributed by atoms with van der Waals surface area (Å²) in [5.41, 5.74) is 1.26. The van der Waals surface area contributed by atoms with E-state index in [9.17, 15) is 9.18 Å². The number of ether oxygens (including phenoxy) is 1. The van der Waals surface area contributed by atoms with Gasteiger partial charge < -0.3 is 10.1 Å². The lowest BCUT2D eigenvalue weighted by Gasteiger charge is -2.10. The van der Waals surface area contributed by atoms with Crippen molar-refractivity contribution in [2.75, 3.05) is 12.3 Å². The third-order valence-electron chi connectivity index (χ3n) is 4.44. The van der Waals surface area contributed by atoms with Crippen LogP contribution >= 0.6 is 11.8 Å². The first-order valence-electron chi connectivity index (χ1n) is 10.0. The van der Waals surface area contributed by atoms with Gasteiger partial charge in [0.1, 0.15) is 6.61 Å². The fraction of sp³-hybridized carbons (Fsp3) is 0.261. The van der Waals surface area contributed by atoms with Gasteiger partial charge in [-0.3, -0.25) is 9.36 Å². The molecule has 0 spiro atoms. The Labute approximate surface area is 185 Å². The summed E-state index contributed by atoms with van der Waals surface area (Å²) < 4.78 is 21.1. The number of amides is 1. The molecular weight excluding hydrogens is 415 g/mol. The zero-order chi connectivity index (χ0) is 21.9. The highest BCUT2D eigenvalue weighted by Crippen LogP contribution is 2.20. The van der Waals surface area contributed by atoms with E-state index in [2.05, 4.69) is 34.2 Å². The van der Waals surface area contributed by atoms with Gasteiger partial charge in [0.15, 0.2) is 22.5 Å². The number of halogens is 1. The standard InChI is InChI=1S/C23H25FN4O2S/c1-2-15-28-21(16-30-20-13-7-6-12-19(20)24)26-27-23(28)31-17-22(29)25-14-8-11-18-9-4-3-5-10-18/h2-7,9-10,12-13H,1,8,11,14-17H2,(H,25,29). The Morgan fingerprint density at radius 1 is 1.16 bits per heavy atom. The van der Waals surface area contributed by atoms with Crippen LogP contribution in [-0.4, -0.2) is 33.0 Å². The molecule has 6 nitrogen and oxygen atoms in total. The van der Waals surface area contributed by atoms with Crippen LogP contribution in [0.15, 0.2) is 72.4 Å². The minimum absolute atomic E-state index is 0.0598. The van der Waals surface area contributed by atoms with Crippen LogP contribution in [0.25, 0.3) is 0 Å². The van der Waals surface area contributed by atoms with Crippen LogP contribution in [0.4, 0.5) is 4.39 Å². The molecule has 31 heavy (non-hydrogen) atoms. The maximum atomic E-state index is 13.7. The maximum Gasteiger partial charge on any atom is 0.230 e. The number of hydrogen-bond acceptors (Lipinski definition) is 5. The number of nitrogens with zero attached hydrogens (tertiary/aromatic N) is 3. The molecule has 0 bridgehead atoms. The van der Waals surface area contributed by atoms with E-state index in [0.717, 1.165) is 12.8 Å². The lowest BCUT2D eigenvalue weighted by Crippen LogP contribution is -2.26. The van der Waals surface area contributed by atoms with Crippen LogP contribution in [0.5, 0.6) is 5.75 Å². The highest BCUT2D eigenvalue weighted by molar-refractivity contribution is 7.99. The molecule has 1 amide bonds. The molecule has 1 N–H and O–H groups in total. The first kappa shape index (κ1) is 22.6. The summed E-state index contributed by atoms with van der Waals surface area (Å²) in [6.07, 6.45) is 3.52. The number of hydrogen-bond donors (Lipinski definition) is 1. The lowest BCUT2D eigenvalue weighted by atomic mass is 10.1. The molecule has 3 rings (SSSR count). The van der Waals surface area contributed by atoms with Crippen LogP contribution in [-0.2, 0) is 24.4 Å². The quantitative estimate of drug-likeness (QED) is 0.262. The number of carbonyl (C=O) groups is 1. The summed E-state index contributed by atoms with van der Waals surface area (Å²) in [4.78, 5) is 12.2. The summed E-state index contributed by atoms with van der Waals surface area (Å²) in [7, 11) is 0. The monoisotopic (exact) mass is 440 g/mol. The summed E-state index contributed by atoms with van der Waals surface area (Å²) in [5.74, 6) is 0.425. The Balaban J connectivity index is 1.47. The first-order valence-corrected chi connectivity index (χ1v) is 11.0. The minimum atomic E-state index is -0.434. The molecule has 162 valence electrons. The Morgan fingerprint density at radius 3 is 2.71 bits per heavy atom. The van der Waals surface area contributed by atoms with Gasteiger partial charge in [-0.25, -0.2) is 4.39 Å². The van der Waals surface area contributed by atoms with E-state index < -0.39 is 5.82 Å². The highest BCUT2D eigenvalue weighted by Gasteiger charge is 2.14. The number of allylic oxidation sites excluding steroid dienone is 1. The molecule has 0 aliphatic heterocycles. The normalized spacial score (nSPS) is 10.6. The summed E-state index contributed by atoms with van der Waals surface area (Å²) in [6, 6.07) is 16.4. The molecule has 0 fully saturated rings. The van der Waals surface area contributed by atoms with Crippen molar-refractivity contribution in [3.05, 3.63) is 84.5 Å². The van der Waals surface area contributed by atoms with Crippen molar-refractivity contribution in [1.82, 2.24) is 20.1 Å². The number of benzene rings is 2. The number of nitrogens with one attached hydrogen (secondary N) is 1. The average Bonchev–Trinajstić information content (AvgIpc) is 3.17. The maximum absolute atomic E-state index is 13.7. The van der Waals surface area contributed by atoms with Gasteiger partial charge in [-0.1, -0.05) is 60.3 Å². The van der Waals surface area contributed by atoms with Gasteiger partial charge in [-0.2, -0.15) is 0 Å². The van der Waals surface area contributed by atoms with Crippen molar-refractivity contribution in [3.8, 4) is 5.75 Å². The third-order valence-corrected chi connectivity index (χ3v) is 5.40. The number of rotatable bonds is 12. The Bertz CT molecular complexity index is 994. The van der Waals surface area contributed by atoms with Crippen LogP contribution in [0.1, 0.15) is 17.8 Å². The molecule has 0 unspecified atom stereocenters. The van der Waals surface area contributed by atoms with Gasteiger partial charge in [0.2, 0.25) is 5.91 Å². The SMILES string of the molecule is C=CCn1c(COc2ccccc2F)nnc1SCC(=O)NCCCc1ccccc1. The second-order valence-electron chi connectivity index (χ2n) is 6.74. The number of carbonyl (C=O) groups excluding carboxylic acids is 1. The average molecular weight is 441 g/mol. The molecule has 0 aliphatic rings. The molecule has 0 atom stereocenters. The van der Waals surface area contributed by atoms with Gasteiger partial charge >= 0.3 is 0 Å². The zero-order valence-electron chi connectivity index (χ0n) is 17.2. The van der Waals surface area contributed by atoms with Crippen LogP contribution < -0.4 is 10.1 Å². The van der Waals surface area contributed by atoms with Gasteiger partial charge in [-0.15, -0.1) is 16.8 Å². The predicted molar refractivity (Wildman–Crippen MR) is 119 cm³/mol. The molecule has 1 heterocycles. The van der Waals surface area contributed by atoms with Gasteiger partial charge in [0.05, 0.1) is 5.75 Å². The topological polar surface area (TPSA) is 69.0 Å². The predicted octanol–water partition coefficient (Wildman–Crippen LogP) is 4.02. The molecule has 2 aromatic carbocycles. The summed E-state index contributed by atoms with van der Waals surface area (Å²) in [6.45, 7) is 4.90. The highest BCUT2D eigenvalue weighted by atomic mass is 32.2. The number of aromatic nitrogens is 3. The fourth-order valence-electron chi connectivity index (χ4n) is 2.90. The zero-order valence-corrected chi connectivity index (χ0v) is 18.0. The molecule has 1 aromatic heterocycles. The van der Waals surface area contributed by atoms with Crippen molar-refractivity contribution in [3.63, 3.8) is 0 Å². The first-order chi connectivity index (χ1) is 15.2. The van der Waals surface area contributed by atoms with Crippen molar-refractivity contribution < 1.29 is 13.9 Å². The van der Waals surface area contributed by atoms with Crippen LogP contribution in [0, 0.1) is 5.82 Å². The van der Waals surface area contributed by atoms with E-state index in [1.165, 1.54) is 23.4 Å². The molecule has 0 radical (unpaired) electrons. The summed E-state index contributed by atoms with van der Waals surface area (Å²) >= 11 is 1.30. The third kappa shape index (κ3) is 6.96. The van der Waals surface area contributed by atoms with Gasteiger partial charge in [0, 0.05) is 13.1 Å². The fourth-order valence-corrected chi connectivity index (χ4v) is 3.69. The van der Waals surface area contributed by atoms with E-state index in [1.54, 1.807) is 28.8 Å². The van der Waals surface area contributed by atoms with Crippen LogP contribution in [0.2, 0.25) is 0 Å². The second-order valence-corrected chi connectivity index (χ2v) is 7.69. The lowest BCUT2D eigenvalue weighted by molar-refractivity contribution is -0.118. The molecule has 0 saturated carbocycles. The smallest absolute Gasteiger partial charge is 0.230 e. The van der Waals surface area contributed by atoms with E-state index >= 15 is 0 Å². The van der Waals surface area contributed by atoms with Crippen molar-refractivity contribution >= 4 is 17.7 Å². The Morgan fingerprint density at radius 2 is 1.94 bits per heavy atom. The Hall–Kier alpha value is -3.13. The number of aryl methyl sites for hydroxylation is 1. The van der Waals surface area contributed by atoms with Gasteiger partial charge in [-0.05, 0) is 30.5 Å². The van der Waals surface area contributed by atoms with Crippen molar-refractivity contribution in [2.45, 2.75) is 31.1 Å². The number of thioether (sulfide) groups is 1. The van der Waals surface area contributed by atoms with E-state index in [4.69, 9.17) is 4.74 Å². The second kappa shape index (κ2) is 11.9. The molecular formula is C23H25FN4O2S. The minimum Gasteiger partial charge on any atom is -0.483 e. The van der Waals surface area contributed by atoms with Crippen molar-refractivity contribution in [2.24, 2.45) is 0 Å². The Kier molecular flexibility index (Phi) is 8.66. The van der Waals surface area contributed by atoms with E-state index in [-0.39, 0.29) is 24.0 Å².